The quantitative estimate of drug-likeness (QED) is 0.899. The Morgan fingerprint density at radius 1 is 1.26 bits per heavy atom. The average Bonchev–Trinajstić information content (AvgIpc) is 2.58. The third-order valence-corrected chi connectivity index (χ3v) is 5.46. The minimum absolute atomic E-state index is 0.171. The van der Waals surface area contributed by atoms with E-state index in [4.69, 9.17) is 4.74 Å². The first-order chi connectivity index (χ1) is 11.1. The maximum Gasteiger partial charge on any atom is 0.231 e. The van der Waals surface area contributed by atoms with Crippen LogP contribution in [0.2, 0.25) is 0 Å². The minimum atomic E-state index is -0.441. The summed E-state index contributed by atoms with van der Waals surface area (Å²) in [4.78, 5) is 13.2. The Labute approximate surface area is 139 Å². The van der Waals surface area contributed by atoms with E-state index in [0.717, 1.165) is 37.8 Å². The lowest BCUT2D eigenvalue weighted by Gasteiger charge is -2.39. The maximum atomic E-state index is 13.2. The molecule has 23 heavy (non-hydrogen) atoms. The third-order valence-electron chi connectivity index (χ3n) is 5.46. The van der Waals surface area contributed by atoms with Crippen LogP contribution < -0.4 is 10.6 Å². The standard InChI is InChI=1S/C19H28N2O2/c1-14-5-7-16(8-6-14)19(9-12-23-13-10-19)18(22)21-17-4-3-11-20-15(17)2/h5-8,15,17,20H,3-4,9-13H2,1-2H3,(H,21,22). The number of rotatable bonds is 3. The Hall–Kier alpha value is -1.39. The third kappa shape index (κ3) is 3.43. The fourth-order valence-electron chi connectivity index (χ4n) is 3.79. The zero-order valence-electron chi connectivity index (χ0n) is 14.2. The highest BCUT2D eigenvalue weighted by atomic mass is 16.5. The van der Waals surface area contributed by atoms with Crippen molar-refractivity contribution in [3.63, 3.8) is 0 Å². The van der Waals surface area contributed by atoms with Crippen molar-refractivity contribution in [2.24, 2.45) is 0 Å². The average molecular weight is 316 g/mol. The van der Waals surface area contributed by atoms with Gasteiger partial charge >= 0.3 is 0 Å². The molecule has 4 nitrogen and oxygen atoms in total. The number of hydrogen-bond acceptors (Lipinski definition) is 3. The van der Waals surface area contributed by atoms with E-state index in [1.807, 2.05) is 0 Å². The van der Waals surface area contributed by atoms with Crippen LogP contribution in [0.25, 0.3) is 0 Å². The van der Waals surface area contributed by atoms with E-state index >= 15 is 0 Å². The van der Waals surface area contributed by atoms with Crippen molar-refractivity contribution in [3.05, 3.63) is 35.4 Å². The summed E-state index contributed by atoms with van der Waals surface area (Å²) in [6.07, 6.45) is 3.70. The van der Waals surface area contributed by atoms with E-state index in [0.29, 0.717) is 19.3 Å². The SMILES string of the molecule is Cc1ccc(C2(C(=O)NC3CCCNC3C)CCOCC2)cc1. The summed E-state index contributed by atoms with van der Waals surface area (Å²) >= 11 is 0. The van der Waals surface area contributed by atoms with E-state index in [-0.39, 0.29) is 11.9 Å². The van der Waals surface area contributed by atoms with Crippen molar-refractivity contribution in [1.29, 1.82) is 0 Å². The van der Waals surface area contributed by atoms with Crippen LogP contribution >= 0.6 is 0 Å². The molecule has 2 heterocycles. The van der Waals surface area contributed by atoms with Gasteiger partial charge in [0, 0.05) is 25.3 Å². The van der Waals surface area contributed by atoms with Crippen LogP contribution in [0.15, 0.2) is 24.3 Å². The summed E-state index contributed by atoms with van der Waals surface area (Å²) in [6, 6.07) is 8.99. The van der Waals surface area contributed by atoms with Gasteiger partial charge in [-0.1, -0.05) is 29.8 Å². The first-order valence-corrected chi connectivity index (χ1v) is 8.81. The molecule has 2 aliphatic rings. The lowest BCUT2D eigenvalue weighted by Crippen LogP contribution is -2.57. The van der Waals surface area contributed by atoms with Gasteiger partial charge in [-0.05, 0) is 51.6 Å². The van der Waals surface area contributed by atoms with Gasteiger partial charge < -0.3 is 15.4 Å². The number of benzene rings is 1. The highest BCUT2D eigenvalue weighted by Gasteiger charge is 2.42. The molecule has 1 aromatic rings. The van der Waals surface area contributed by atoms with Gasteiger partial charge in [0.2, 0.25) is 5.91 Å². The summed E-state index contributed by atoms with van der Waals surface area (Å²) < 4.78 is 5.54. The van der Waals surface area contributed by atoms with E-state index in [9.17, 15) is 4.79 Å². The number of piperidine rings is 1. The number of nitrogens with one attached hydrogen (secondary N) is 2. The van der Waals surface area contributed by atoms with E-state index < -0.39 is 5.41 Å². The normalized spacial score (nSPS) is 27.4. The molecular weight excluding hydrogens is 288 g/mol. The van der Waals surface area contributed by atoms with Crippen molar-refractivity contribution >= 4 is 5.91 Å². The van der Waals surface area contributed by atoms with E-state index in [1.54, 1.807) is 0 Å². The number of carbonyl (C=O) groups excluding carboxylic acids is 1. The molecule has 1 amide bonds. The molecular formula is C19H28N2O2. The van der Waals surface area contributed by atoms with Crippen LogP contribution in [0.5, 0.6) is 0 Å². The fraction of sp³-hybridized carbons (Fsp3) is 0.632. The summed E-state index contributed by atoms with van der Waals surface area (Å²) in [5, 5.41) is 6.80. The van der Waals surface area contributed by atoms with Crippen molar-refractivity contribution in [2.75, 3.05) is 19.8 Å². The predicted octanol–water partition coefficient (Wildman–Crippen LogP) is 2.30. The summed E-state index contributed by atoms with van der Waals surface area (Å²) in [5.74, 6) is 0.171. The molecule has 0 bridgehead atoms. The summed E-state index contributed by atoms with van der Waals surface area (Å²) in [7, 11) is 0. The van der Waals surface area contributed by atoms with Crippen molar-refractivity contribution in [3.8, 4) is 0 Å². The zero-order chi connectivity index (χ0) is 16.3. The molecule has 3 rings (SSSR count). The van der Waals surface area contributed by atoms with Crippen LogP contribution in [-0.2, 0) is 14.9 Å². The van der Waals surface area contributed by atoms with Crippen molar-refractivity contribution < 1.29 is 9.53 Å². The van der Waals surface area contributed by atoms with Crippen LogP contribution in [0.3, 0.4) is 0 Å². The Bertz CT molecular complexity index is 535. The van der Waals surface area contributed by atoms with Gasteiger partial charge in [-0.25, -0.2) is 0 Å². The fourth-order valence-corrected chi connectivity index (χ4v) is 3.79. The van der Waals surface area contributed by atoms with Crippen LogP contribution in [0.1, 0.15) is 43.7 Å². The molecule has 2 fully saturated rings. The Balaban J connectivity index is 1.83. The molecule has 0 saturated carbocycles. The Morgan fingerprint density at radius 2 is 1.96 bits per heavy atom. The number of aryl methyl sites for hydroxylation is 1. The van der Waals surface area contributed by atoms with Gasteiger partial charge in [-0.15, -0.1) is 0 Å². The molecule has 0 spiro atoms. The monoisotopic (exact) mass is 316 g/mol. The smallest absolute Gasteiger partial charge is 0.231 e. The molecule has 2 N–H and O–H groups in total. The lowest BCUT2D eigenvalue weighted by atomic mass is 9.73. The molecule has 0 radical (unpaired) electrons. The molecule has 1 aromatic carbocycles. The van der Waals surface area contributed by atoms with Gasteiger partial charge in [0.1, 0.15) is 0 Å². The predicted molar refractivity (Wildman–Crippen MR) is 91.5 cm³/mol. The number of amides is 1. The first kappa shape index (κ1) is 16.5. The van der Waals surface area contributed by atoms with Gasteiger partial charge in [0.15, 0.2) is 0 Å². The highest BCUT2D eigenvalue weighted by Crippen LogP contribution is 2.35. The van der Waals surface area contributed by atoms with Crippen molar-refractivity contribution in [2.45, 2.75) is 57.0 Å². The zero-order valence-corrected chi connectivity index (χ0v) is 14.2. The van der Waals surface area contributed by atoms with Gasteiger partial charge in [0.05, 0.1) is 5.41 Å². The Morgan fingerprint density at radius 3 is 2.61 bits per heavy atom. The molecule has 2 aliphatic heterocycles. The summed E-state index contributed by atoms with van der Waals surface area (Å²) in [6.45, 7) is 6.59. The topological polar surface area (TPSA) is 50.4 Å². The molecule has 0 aliphatic carbocycles. The second kappa shape index (κ2) is 7.02. The van der Waals surface area contributed by atoms with Gasteiger partial charge in [-0.2, -0.15) is 0 Å². The van der Waals surface area contributed by atoms with Crippen LogP contribution in [-0.4, -0.2) is 37.7 Å². The molecule has 2 atom stereocenters. The van der Waals surface area contributed by atoms with Crippen LogP contribution in [0.4, 0.5) is 0 Å². The molecule has 126 valence electrons. The highest BCUT2D eigenvalue weighted by molar-refractivity contribution is 5.88. The second-order valence-electron chi connectivity index (χ2n) is 7.03. The van der Waals surface area contributed by atoms with E-state index in [1.165, 1.54) is 5.56 Å². The maximum absolute atomic E-state index is 13.2. The van der Waals surface area contributed by atoms with Gasteiger partial charge in [-0.3, -0.25) is 4.79 Å². The molecule has 4 heteroatoms. The largest absolute Gasteiger partial charge is 0.381 e. The lowest BCUT2D eigenvalue weighted by molar-refractivity contribution is -0.131. The molecule has 0 aromatic heterocycles. The first-order valence-electron chi connectivity index (χ1n) is 8.81. The Kier molecular flexibility index (Phi) is 5.02. The van der Waals surface area contributed by atoms with Gasteiger partial charge in [0.25, 0.3) is 0 Å². The number of carbonyl (C=O) groups is 1. The number of hydrogen-bond donors (Lipinski definition) is 2. The minimum Gasteiger partial charge on any atom is -0.381 e. The number of ether oxygens (including phenoxy) is 1. The molecule has 2 saturated heterocycles. The molecule has 2 unspecified atom stereocenters. The van der Waals surface area contributed by atoms with Crippen LogP contribution in [0, 0.1) is 6.92 Å². The van der Waals surface area contributed by atoms with Crippen molar-refractivity contribution in [1.82, 2.24) is 10.6 Å². The summed E-state index contributed by atoms with van der Waals surface area (Å²) in [5.41, 5.74) is 1.91. The van der Waals surface area contributed by atoms with E-state index in [2.05, 4.69) is 48.7 Å². The second-order valence-corrected chi connectivity index (χ2v) is 7.03.